The second kappa shape index (κ2) is 8.53. The second-order valence-corrected chi connectivity index (χ2v) is 11.2. The molecule has 1 atom stereocenters. The number of carbonyl (C=O) groups excluding carboxylic acids is 3. The van der Waals surface area contributed by atoms with Crippen LogP contribution in [0.3, 0.4) is 0 Å². The van der Waals surface area contributed by atoms with Gasteiger partial charge in [-0.2, -0.15) is 0 Å². The largest absolute Gasteiger partial charge is 0.467 e. The molecule has 4 saturated carbocycles. The van der Waals surface area contributed by atoms with E-state index in [1.807, 2.05) is 20.8 Å². The van der Waals surface area contributed by atoms with Crippen molar-refractivity contribution < 1.29 is 23.9 Å². The maximum Gasteiger partial charge on any atom is 0.338 e. The van der Waals surface area contributed by atoms with E-state index >= 15 is 0 Å². The molecule has 6 nitrogen and oxygen atoms in total. The Kier molecular flexibility index (Phi) is 6.08. The van der Waals surface area contributed by atoms with Gasteiger partial charge in [0.25, 0.3) is 0 Å². The van der Waals surface area contributed by atoms with Crippen LogP contribution in [0, 0.1) is 23.2 Å². The number of ether oxygens (including phenoxy) is 2. The molecule has 1 aromatic rings. The number of methoxy groups -OCH3 is 1. The summed E-state index contributed by atoms with van der Waals surface area (Å²) < 4.78 is 10.4. The monoisotopic (exact) mass is 441 g/mol. The molecule has 4 aliphatic rings. The maximum absolute atomic E-state index is 13.4. The minimum absolute atomic E-state index is 0.0115. The van der Waals surface area contributed by atoms with Crippen LogP contribution in [-0.4, -0.2) is 36.6 Å². The maximum atomic E-state index is 13.4. The van der Waals surface area contributed by atoms with Crippen molar-refractivity contribution in [3.63, 3.8) is 0 Å². The molecule has 0 aliphatic heterocycles. The first kappa shape index (κ1) is 22.8. The number of carbonyl (C=O) groups is 3. The number of rotatable bonds is 6. The number of hydrogen-bond donors (Lipinski definition) is 1. The summed E-state index contributed by atoms with van der Waals surface area (Å²) in [5, 5.41) is 3.04. The highest BCUT2D eigenvalue weighted by atomic mass is 16.6. The number of esters is 2. The molecule has 1 aromatic carbocycles. The Hall–Kier alpha value is -2.37. The van der Waals surface area contributed by atoms with Gasteiger partial charge in [0.1, 0.15) is 11.6 Å². The topological polar surface area (TPSA) is 81.7 Å². The highest BCUT2D eigenvalue weighted by Crippen LogP contribution is 2.60. The molecular formula is C26H35NO5. The molecule has 174 valence electrons. The van der Waals surface area contributed by atoms with Crippen LogP contribution in [0.2, 0.25) is 0 Å². The Bertz CT molecular complexity index is 847. The number of hydrogen-bond acceptors (Lipinski definition) is 5. The summed E-state index contributed by atoms with van der Waals surface area (Å²) in [7, 11) is 1.35. The number of benzene rings is 1. The predicted octanol–water partition coefficient (Wildman–Crippen LogP) is 4.06. The van der Waals surface area contributed by atoms with Crippen LogP contribution < -0.4 is 5.32 Å². The molecule has 1 N–H and O–H groups in total. The molecule has 0 spiro atoms. The van der Waals surface area contributed by atoms with Gasteiger partial charge in [0.2, 0.25) is 5.91 Å². The third-order valence-electron chi connectivity index (χ3n) is 7.34. The smallest absolute Gasteiger partial charge is 0.338 e. The van der Waals surface area contributed by atoms with Crippen LogP contribution in [0.1, 0.15) is 75.2 Å². The molecule has 0 aromatic heterocycles. The first-order chi connectivity index (χ1) is 15.1. The lowest BCUT2D eigenvalue weighted by atomic mass is 9.49. The summed E-state index contributed by atoms with van der Waals surface area (Å²) in [6, 6.07) is 6.24. The quantitative estimate of drug-likeness (QED) is 0.674. The van der Waals surface area contributed by atoms with Gasteiger partial charge in [0.15, 0.2) is 0 Å². The van der Waals surface area contributed by atoms with Gasteiger partial charge >= 0.3 is 11.9 Å². The molecule has 4 aliphatic carbocycles. The fraction of sp³-hybridized carbons (Fsp3) is 0.654. The minimum atomic E-state index is -0.743. The van der Waals surface area contributed by atoms with Gasteiger partial charge in [-0.3, -0.25) is 4.79 Å². The van der Waals surface area contributed by atoms with Crippen molar-refractivity contribution in [1.29, 1.82) is 0 Å². The first-order valence-corrected chi connectivity index (χ1v) is 11.8. The lowest BCUT2D eigenvalue weighted by Crippen LogP contribution is -2.56. The fourth-order valence-electron chi connectivity index (χ4n) is 6.39. The SMILES string of the molecule is COC(=O)[C@H](Cc1ccc(C(=O)OC(C)(C)C)cc1)NC(=O)C12CC3CC(CC(C3)C1)C2. The van der Waals surface area contributed by atoms with Gasteiger partial charge in [-0.05, 0) is 94.7 Å². The molecule has 6 heteroatoms. The van der Waals surface area contributed by atoms with E-state index in [1.54, 1.807) is 24.3 Å². The van der Waals surface area contributed by atoms with Crippen molar-refractivity contribution in [2.45, 2.75) is 77.4 Å². The lowest BCUT2D eigenvalue weighted by molar-refractivity contribution is -0.152. The van der Waals surface area contributed by atoms with Crippen molar-refractivity contribution in [1.82, 2.24) is 5.32 Å². The molecule has 4 fully saturated rings. The summed E-state index contributed by atoms with van der Waals surface area (Å²) in [6.45, 7) is 5.48. The van der Waals surface area contributed by atoms with Crippen molar-refractivity contribution >= 4 is 17.8 Å². The van der Waals surface area contributed by atoms with Crippen molar-refractivity contribution in [3.8, 4) is 0 Å². The standard InChI is InChI=1S/C26H35NO5/c1-25(2,3)32-22(28)20-7-5-16(6-8-20)12-21(23(29)31-4)27-24(30)26-13-17-9-18(14-26)11-19(10-17)15-26/h5-8,17-19,21H,9-15H2,1-4H3,(H,27,30)/t17?,18?,19?,21-,26?/m0/s1. The van der Waals surface area contributed by atoms with Crippen LogP contribution in [0.25, 0.3) is 0 Å². The molecule has 0 heterocycles. The van der Waals surface area contributed by atoms with E-state index in [4.69, 9.17) is 9.47 Å². The van der Waals surface area contributed by atoms with Gasteiger partial charge in [0, 0.05) is 11.8 Å². The van der Waals surface area contributed by atoms with Crippen LogP contribution in [0.4, 0.5) is 0 Å². The molecule has 32 heavy (non-hydrogen) atoms. The summed E-state index contributed by atoms with van der Waals surface area (Å²) in [5.74, 6) is 1.15. The molecule has 5 rings (SSSR count). The highest BCUT2D eigenvalue weighted by Gasteiger charge is 2.55. The number of nitrogens with one attached hydrogen (secondary N) is 1. The van der Waals surface area contributed by atoms with E-state index in [2.05, 4.69) is 5.32 Å². The van der Waals surface area contributed by atoms with E-state index in [0.717, 1.165) is 24.8 Å². The molecule has 0 saturated heterocycles. The zero-order valence-electron chi connectivity index (χ0n) is 19.6. The first-order valence-electron chi connectivity index (χ1n) is 11.8. The molecule has 1 amide bonds. The van der Waals surface area contributed by atoms with E-state index in [-0.39, 0.29) is 17.3 Å². The zero-order chi connectivity index (χ0) is 23.1. The summed E-state index contributed by atoms with van der Waals surface area (Å²) in [5.41, 5.74) is 0.420. The Morgan fingerprint density at radius 1 is 1.00 bits per heavy atom. The van der Waals surface area contributed by atoms with Gasteiger partial charge in [-0.1, -0.05) is 12.1 Å². The van der Waals surface area contributed by atoms with Gasteiger partial charge in [0.05, 0.1) is 12.7 Å². The van der Waals surface area contributed by atoms with Crippen molar-refractivity contribution in [2.75, 3.05) is 7.11 Å². The van der Waals surface area contributed by atoms with E-state index in [0.29, 0.717) is 29.7 Å². The molecule has 4 bridgehead atoms. The lowest BCUT2D eigenvalue weighted by Gasteiger charge is -2.55. The van der Waals surface area contributed by atoms with E-state index < -0.39 is 17.6 Å². The average Bonchev–Trinajstić information content (AvgIpc) is 2.71. The Morgan fingerprint density at radius 2 is 1.53 bits per heavy atom. The van der Waals surface area contributed by atoms with Crippen LogP contribution >= 0.6 is 0 Å². The van der Waals surface area contributed by atoms with E-state index in [1.165, 1.54) is 26.4 Å². The third-order valence-corrected chi connectivity index (χ3v) is 7.34. The Balaban J connectivity index is 1.44. The van der Waals surface area contributed by atoms with Crippen LogP contribution in [0.15, 0.2) is 24.3 Å². The molecule has 0 unspecified atom stereocenters. The minimum Gasteiger partial charge on any atom is -0.467 e. The second-order valence-electron chi connectivity index (χ2n) is 11.2. The third kappa shape index (κ3) is 4.84. The van der Waals surface area contributed by atoms with Crippen LogP contribution in [0.5, 0.6) is 0 Å². The van der Waals surface area contributed by atoms with Crippen LogP contribution in [-0.2, 0) is 25.5 Å². The highest BCUT2D eigenvalue weighted by molar-refractivity contribution is 5.90. The summed E-state index contributed by atoms with van der Waals surface area (Å²) in [4.78, 5) is 38.2. The van der Waals surface area contributed by atoms with Crippen molar-refractivity contribution in [3.05, 3.63) is 35.4 Å². The van der Waals surface area contributed by atoms with E-state index in [9.17, 15) is 14.4 Å². The molecule has 0 radical (unpaired) electrons. The number of amides is 1. The summed E-state index contributed by atoms with van der Waals surface area (Å²) >= 11 is 0. The van der Waals surface area contributed by atoms with Gasteiger partial charge < -0.3 is 14.8 Å². The Morgan fingerprint density at radius 3 is 2.00 bits per heavy atom. The molecular weight excluding hydrogens is 406 g/mol. The normalized spacial score (nSPS) is 29.3. The van der Waals surface area contributed by atoms with Crippen molar-refractivity contribution in [2.24, 2.45) is 23.2 Å². The fourth-order valence-corrected chi connectivity index (χ4v) is 6.39. The average molecular weight is 442 g/mol. The Labute approximate surface area is 190 Å². The van der Waals surface area contributed by atoms with Gasteiger partial charge in [-0.25, -0.2) is 9.59 Å². The van der Waals surface area contributed by atoms with Gasteiger partial charge in [-0.15, -0.1) is 0 Å². The zero-order valence-corrected chi connectivity index (χ0v) is 19.6. The summed E-state index contributed by atoms with van der Waals surface area (Å²) in [6.07, 6.45) is 6.94. The predicted molar refractivity (Wildman–Crippen MR) is 120 cm³/mol.